The Bertz CT molecular complexity index is 1430. The molecule has 4 rings (SSSR count). The van der Waals surface area contributed by atoms with Gasteiger partial charge < -0.3 is 10.6 Å². The van der Waals surface area contributed by atoms with E-state index in [9.17, 15) is 14.4 Å². The first kappa shape index (κ1) is 23.3. The van der Waals surface area contributed by atoms with Crippen molar-refractivity contribution in [2.45, 2.75) is 27.2 Å². The summed E-state index contributed by atoms with van der Waals surface area (Å²) in [5, 5.41) is 5.61. The van der Waals surface area contributed by atoms with Crippen molar-refractivity contribution in [3.63, 3.8) is 0 Å². The second-order valence-electron chi connectivity index (χ2n) is 7.97. The molecule has 2 N–H and O–H groups in total. The monoisotopic (exact) mass is 474 g/mol. The summed E-state index contributed by atoms with van der Waals surface area (Å²) in [5.74, 6) is -0.641. The van der Waals surface area contributed by atoms with E-state index in [1.807, 2.05) is 43.3 Å². The largest absolute Gasteiger partial charge is 0.321 e. The molecule has 2 aromatic heterocycles. The summed E-state index contributed by atoms with van der Waals surface area (Å²) in [6.45, 7) is 5.84. The topological polar surface area (TPSA) is 85.1 Å². The maximum atomic E-state index is 13.1. The van der Waals surface area contributed by atoms with Crippen LogP contribution in [0.3, 0.4) is 0 Å². The second kappa shape index (κ2) is 9.52. The molecule has 0 saturated heterocycles. The molecule has 2 amide bonds. The van der Waals surface area contributed by atoms with Crippen molar-refractivity contribution in [2.24, 2.45) is 7.05 Å². The number of carbonyl (C=O) groups is 2. The summed E-state index contributed by atoms with van der Waals surface area (Å²) in [6.07, 6.45) is 0.871. The average Bonchev–Trinajstić information content (AvgIpc) is 3.32. The molecular formula is C26H26N4O3S. The first-order valence-corrected chi connectivity index (χ1v) is 11.8. The predicted octanol–water partition coefficient (Wildman–Crippen LogP) is 4.92. The Morgan fingerprint density at radius 3 is 2.35 bits per heavy atom. The molecule has 4 aromatic rings. The summed E-state index contributed by atoms with van der Waals surface area (Å²) < 4.78 is 3.21. The van der Waals surface area contributed by atoms with Gasteiger partial charge in [-0.1, -0.05) is 31.2 Å². The molecule has 34 heavy (non-hydrogen) atoms. The summed E-state index contributed by atoms with van der Waals surface area (Å²) in [7, 11) is 1.77. The van der Waals surface area contributed by atoms with E-state index in [2.05, 4.69) is 17.6 Å². The Kier molecular flexibility index (Phi) is 6.51. The zero-order valence-corrected chi connectivity index (χ0v) is 20.3. The van der Waals surface area contributed by atoms with Crippen molar-refractivity contribution < 1.29 is 9.59 Å². The quantitative estimate of drug-likeness (QED) is 0.416. The van der Waals surface area contributed by atoms with Gasteiger partial charge in [0.2, 0.25) is 0 Å². The van der Waals surface area contributed by atoms with Gasteiger partial charge in [-0.15, -0.1) is 11.3 Å². The number of benzene rings is 2. The highest BCUT2D eigenvalue weighted by Crippen LogP contribution is 2.23. The van der Waals surface area contributed by atoms with Gasteiger partial charge in [0.1, 0.15) is 5.69 Å². The molecule has 2 aromatic carbocycles. The molecule has 0 aliphatic carbocycles. The van der Waals surface area contributed by atoms with Gasteiger partial charge in [-0.25, -0.2) is 4.68 Å². The summed E-state index contributed by atoms with van der Waals surface area (Å²) >= 11 is 1.45. The first-order valence-electron chi connectivity index (χ1n) is 11.0. The molecule has 0 radical (unpaired) electrons. The number of hydrogen-bond donors (Lipinski definition) is 2. The second-order valence-corrected chi connectivity index (χ2v) is 9.23. The number of hydrogen-bond acceptors (Lipinski definition) is 4. The number of anilines is 2. The van der Waals surface area contributed by atoms with Crippen LogP contribution in [0.5, 0.6) is 0 Å². The zero-order chi connectivity index (χ0) is 24.4. The Balaban J connectivity index is 1.55. The molecule has 2 heterocycles. The van der Waals surface area contributed by atoms with Crippen molar-refractivity contribution in [3.05, 3.63) is 97.6 Å². The lowest BCUT2D eigenvalue weighted by Crippen LogP contribution is -2.23. The van der Waals surface area contributed by atoms with Crippen LogP contribution >= 0.6 is 11.3 Å². The van der Waals surface area contributed by atoms with E-state index in [0.29, 0.717) is 27.5 Å². The van der Waals surface area contributed by atoms with Crippen molar-refractivity contribution in [1.29, 1.82) is 0 Å². The van der Waals surface area contributed by atoms with Crippen LogP contribution in [0.4, 0.5) is 11.4 Å². The molecule has 0 bridgehead atoms. The molecule has 7 nitrogen and oxygen atoms in total. The van der Waals surface area contributed by atoms with Gasteiger partial charge in [-0.3, -0.25) is 19.1 Å². The maximum Gasteiger partial charge on any atom is 0.295 e. The van der Waals surface area contributed by atoms with Crippen LogP contribution < -0.4 is 16.2 Å². The minimum Gasteiger partial charge on any atom is -0.321 e. The maximum absolute atomic E-state index is 13.1. The number of nitrogens with one attached hydrogen (secondary N) is 2. The highest BCUT2D eigenvalue weighted by molar-refractivity contribution is 7.14. The molecular weight excluding hydrogens is 448 g/mol. The van der Waals surface area contributed by atoms with Crippen LogP contribution in [0.15, 0.2) is 65.5 Å². The highest BCUT2D eigenvalue weighted by atomic mass is 32.1. The number of rotatable bonds is 6. The number of para-hydroxylation sites is 1. The first-order chi connectivity index (χ1) is 16.3. The molecule has 0 unspecified atom stereocenters. The molecule has 0 aliphatic rings. The molecule has 0 fully saturated rings. The van der Waals surface area contributed by atoms with E-state index in [4.69, 9.17) is 0 Å². The molecule has 0 spiro atoms. The Morgan fingerprint density at radius 1 is 0.941 bits per heavy atom. The number of amides is 2. The van der Waals surface area contributed by atoms with E-state index in [1.165, 1.54) is 16.0 Å². The van der Waals surface area contributed by atoms with Gasteiger partial charge >= 0.3 is 0 Å². The number of thiophene rings is 1. The third-order valence-electron chi connectivity index (χ3n) is 5.80. The fraction of sp³-hybridized carbons (Fsp3) is 0.192. The number of aromatic nitrogens is 2. The molecule has 8 heteroatoms. The lowest BCUT2D eigenvalue weighted by atomic mass is 10.1. The van der Waals surface area contributed by atoms with Crippen molar-refractivity contribution >= 4 is 34.5 Å². The summed E-state index contributed by atoms with van der Waals surface area (Å²) in [6, 6.07) is 17.8. The van der Waals surface area contributed by atoms with Crippen molar-refractivity contribution in [1.82, 2.24) is 9.36 Å². The fourth-order valence-corrected chi connectivity index (χ4v) is 4.82. The lowest BCUT2D eigenvalue weighted by Gasteiger charge is -2.08. The molecule has 0 saturated carbocycles. The van der Waals surface area contributed by atoms with Gasteiger partial charge in [-0.05, 0) is 62.2 Å². The van der Waals surface area contributed by atoms with E-state index in [-0.39, 0.29) is 17.2 Å². The van der Waals surface area contributed by atoms with Gasteiger partial charge in [-0.2, -0.15) is 0 Å². The van der Waals surface area contributed by atoms with Crippen LogP contribution in [0.1, 0.15) is 43.1 Å². The zero-order valence-electron chi connectivity index (χ0n) is 19.5. The number of aryl methyl sites for hydroxylation is 2. The Hall–Kier alpha value is -3.91. The lowest BCUT2D eigenvalue weighted by molar-refractivity contribution is 0.101. The van der Waals surface area contributed by atoms with E-state index < -0.39 is 5.91 Å². The average molecular weight is 475 g/mol. The van der Waals surface area contributed by atoms with Crippen LogP contribution in [0, 0.1) is 13.8 Å². The van der Waals surface area contributed by atoms with Gasteiger partial charge in [0.05, 0.1) is 16.3 Å². The third-order valence-corrected chi connectivity index (χ3v) is 6.89. The van der Waals surface area contributed by atoms with Crippen LogP contribution in [0.2, 0.25) is 0 Å². The summed E-state index contributed by atoms with van der Waals surface area (Å²) in [5.41, 5.74) is 3.24. The van der Waals surface area contributed by atoms with Gasteiger partial charge in [0.25, 0.3) is 17.4 Å². The number of carbonyl (C=O) groups excluding carboxylic acids is 2. The van der Waals surface area contributed by atoms with E-state index >= 15 is 0 Å². The molecule has 0 aliphatic heterocycles. The van der Waals surface area contributed by atoms with Crippen LogP contribution in [-0.2, 0) is 13.5 Å². The molecule has 0 atom stereocenters. The van der Waals surface area contributed by atoms with E-state index in [0.717, 1.165) is 16.9 Å². The minimum absolute atomic E-state index is 0.213. The summed E-state index contributed by atoms with van der Waals surface area (Å²) in [4.78, 5) is 40.5. The van der Waals surface area contributed by atoms with Crippen LogP contribution in [0.25, 0.3) is 5.69 Å². The molecule has 174 valence electrons. The Labute approximate surface area is 201 Å². The van der Waals surface area contributed by atoms with Gasteiger partial charge in [0, 0.05) is 23.2 Å². The SMILES string of the molecule is CCc1cc(C(=O)Nc2cccc(C(=O)Nc3c(C)n(C)n(-c4ccccc4)c3=O)c2)sc1C. The number of nitrogens with zero attached hydrogens (tertiary/aromatic N) is 2. The van der Waals surface area contributed by atoms with Crippen LogP contribution in [-0.4, -0.2) is 21.2 Å². The Morgan fingerprint density at radius 2 is 1.68 bits per heavy atom. The standard InChI is InChI=1S/C26H26N4O3S/c1-5-18-15-22(34-17(18)3)25(32)27-20-11-9-10-19(14-20)24(31)28-23-16(2)29(4)30(26(23)33)21-12-7-6-8-13-21/h6-15H,5H2,1-4H3,(H,27,32)(H,28,31). The van der Waals surface area contributed by atoms with Crippen molar-refractivity contribution in [2.75, 3.05) is 10.6 Å². The highest BCUT2D eigenvalue weighted by Gasteiger charge is 2.19. The smallest absolute Gasteiger partial charge is 0.295 e. The van der Waals surface area contributed by atoms with Crippen molar-refractivity contribution in [3.8, 4) is 5.69 Å². The predicted molar refractivity (Wildman–Crippen MR) is 137 cm³/mol. The minimum atomic E-state index is -0.428. The normalized spacial score (nSPS) is 10.8. The van der Waals surface area contributed by atoms with E-state index in [1.54, 1.807) is 42.9 Å². The third kappa shape index (κ3) is 4.45. The fourth-order valence-electron chi connectivity index (χ4n) is 3.81. The van der Waals surface area contributed by atoms with Gasteiger partial charge in [0.15, 0.2) is 0 Å².